The Balaban J connectivity index is 0.753. The van der Waals surface area contributed by atoms with Gasteiger partial charge in [-0.2, -0.15) is 0 Å². The van der Waals surface area contributed by atoms with Crippen LogP contribution >= 0.6 is 0 Å². The molecule has 0 amide bonds. The minimum atomic E-state index is -2.22. The van der Waals surface area contributed by atoms with Gasteiger partial charge in [-0.15, -0.1) is 0 Å². The van der Waals surface area contributed by atoms with Crippen LogP contribution in [0.2, 0.25) is 19.6 Å². The number of rotatable bonds is 16. The van der Waals surface area contributed by atoms with E-state index in [1.165, 1.54) is 50.5 Å². The molecule has 9 rings (SSSR count). The first-order chi connectivity index (χ1) is 34.2. The first-order valence-electron chi connectivity index (χ1n) is 27.3. The third-order valence-corrected chi connectivity index (χ3v) is 19.4. The van der Waals surface area contributed by atoms with Crippen LogP contribution in [0.5, 0.6) is 5.75 Å². The molecule has 0 radical (unpaired) electrons. The van der Waals surface area contributed by atoms with E-state index < -0.39 is 45.1 Å². The summed E-state index contributed by atoms with van der Waals surface area (Å²) in [5.41, 5.74) is 5.59. The topological polar surface area (TPSA) is 162 Å². The summed E-state index contributed by atoms with van der Waals surface area (Å²) in [6.07, 6.45) is 13.9. The van der Waals surface area contributed by atoms with Crippen LogP contribution < -0.4 is 10.3 Å². The number of nitrogens with zero attached hydrogens (tertiary/aromatic N) is 2. The number of aliphatic hydroxyl groups is 1. The highest BCUT2D eigenvalue weighted by Crippen LogP contribution is 2.67. The van der Waals surface area contributed by atoms with Crippen molar-refractivity contribution in [2.24, 2.45) is 46.3 Å². The lowest BCUT2D eigenvalue weighted by molar-refractivity contribution is -0.228. The fraction of sp³-hybridized carbons (Fsp3) is 0.672. The lowest BCUT2D eigenvalue weighted by Gasteiger charge is -2.58. The number of benzene rings is 1. The van der Waals surface area contributed by atoms with E-state index in [-0.39, 0.29) is 42.3 Å². The van der Waals surface area contributed by atoms with E-state index in [1.807, 2.05) is 39.6 Å². The number of aliphatic hydroxyl groups excluding tert-OH is 1. The number of hydrogen-bond acceptors (Lipinski definition) is 12. The molecule has 3 saturated carbocycles. The number of ether oxygens (including phenoxy) is 5. The second kappa shape index (κ2) is 20.4. The van der Waals surface area contributed by atoms with Crippen LogP contribution in [0.3, 0.4) is 0 Å². The van der Waals surface area contributed by atoms with Crippen LogP contribution in [0.15, 0.2) is 40.7 Å². The van der Waals surface area contributed by atoms with Gasteiger partial charge in [-0.05, 0) is 154 Å². The number of aryl methyl sites for hydroxylation is 1. The fourth-order valence-electron chi connectivity index (χ4n) is 15.0. The summed E-state index contributed by atoms with van der Waals surface area (Å²) in [6, 6.07) is 7.01. The van der Waals surface area contributed by atoms with Crippen molar-refractivity contribution in [3.63, 3.8) is 0 Å². The van der Waals surface area contributed by atoms with Crippen molar-refractivity contribution in [2.45, 2.75) is 196 Å². The minimum Gasteiger partial charge on any atom is -0.462 e. The number of fused-ring (bicyclic) bond motifs is 10. The van der Waals surface area contributed by atoms with Gasteiger partial charge in [-0.3, -0.25) is 14.4 Å². The van der Waals surface area contributed by atoms with E-state index >= 15 is 0 Å². The van der Waals surface area contributed by atoms with Crippen molar-refractivity contribution in [3.05, 3.63) is 68.5 Å². The molecule has 10 atom stereocenters. The summed E-state index contributed by atoms with van der Waals surface area (Å²) in [7, 11) is -2.22. The number of aromatic nitrogens is 2. The number of hydrogen-bond donors (Lipinski definition) is 1. The van der Waals surface area contributed by atoms with Crippen LogP contribution in [-0.4, -0.2) is 60.3 Å². The van der Waals surface area contributed by atoms with E-state index in [2.05, 4.69) is 40.7 Å². The highest BCUT2D eigenvalue weighted by Gasteiger charge is 2.59. The Morgan fingerprint density at radius 3 is 2.46 bits per heavy atom. The lowest BCUT2D eigenvalue weighted by Crippen LogP contribution is -2.53. The Hall–Kier alpha value is -4.37. The monoisotopic (exact) mass is 1010 g/mol. The molecule has 14 heteroatoms. The zero-order valence-electron chi connectivity index (χ0n) is 44.7. The molecule has 0 spiro atoms. The maximum absolute atomic E-state index is 14.1. The molecule has 2 aromatic heterocycles. The van der Waals surface area contributed by atoms with Gasteiger partial charge in [-0.25, -0.2) is 9.78 Å². The first-order valence-corrected chi connectivity index (χ1v) is 30.7. The van der Waals surface area contributed by atoms with Gasteiger partial charge in [0.2, 0.25) is 6.79 Å². The standard InChI is InChI=1S/C58H80N2O11Si/c1-11-39-41-29-37(17-21-48(41)59-52-42(39)31-60-49(52)30-47-43(53(60)63)32-66-54(64)58(47,12-2)71-72(8,9)10)70-55(65)68-33-67-50(61)22-23-51(62)69-38-24-26-56(6)36(28-38)16-18-40-45-20-19-44(35(5)15-13-14-34(3)4)57(45,7)27-25-46(40)56/h16-17,21,29-30,34-35,38,40,44-46,54,64H,11-15,18-20,22-28,31-33H2,1-10H3/t35-,38+,40+,44-,45+,46+,54?,56+,57-,58?/m1/s1. The molecular formula is C58H80N2O11Si. The Morgan fingerprint density at radius 1 is 0.944 bits per heavy atom. The highest BCUT2D eigenvalue weighted by molar-refractivity contribution is 6.69. The third kappa shape index (κ3) is 9.75. The van der Waals surface area contributed by atoms with Crippen LogP contribution in [0.25, 0.3) is 22.3 Å². The number of carbonyl (C=O) groups excluding carboxylic acids is 3. The number of esters is 2. The Morgan fingerprint density at radius 2 is 1.72 bits per heavy atom. The Kier molecular flexibility index (Phi) is 14.9. The predicted molar refractivity (Wildman–Crippen MR) is 277 cm³/mol. The zero-order chi connectivity index (χ0) is 51.5. The molecule has 4 aliphatic carbocycles. The smallest absolute Gasteiger partial charge is 0.462 e. The zero-order valence-corrected chi connectivity index (χ0v) is 45.7. The van der Waals surface area contributed by atoms with Gasteiger partial charge >= 0.3 is 18.1 Å². The summed E-state index contributed by atoms with van der Waals surface area (Å²) < 4.78 is 35.9. The fourth-order valence-corrected chi connectivity index (χ4v) is 16.4. The van der Waals surface area contributed by atoms with Gasteiger partial charge in [0.05, 0.1) is 42.9 Å². The van der Waals surface area contributed by atoms with E-state index in [1.54, 1.807) is 22.8 Å². The Bertz CT molecular complexity index is 2670. The highest BCUT2D eigenvalue weighted by atomic mass is 28.4. The van der Waals surface area contributed by atoms with Crippen LogP contribution in [0, 0.1) is 46.3 Å². The average molecular weight is 1010 g/mol. The van der Waals surface area contributed by atoms with Crippen molar-refractivity contribution in [2.75, 3.05) is 6.79 Å². The second-order valence-electron chi connectivity index (χ2n) is 24.2. The molecule has 3 aromatic rings. The minimum absolute atomic E-state index is 0.0259. The molecule has 1 aromatic carbocycles. The summed E-state index contributed by atoms with van der Waals surface area (Å²) >= 11 is 0. The first kappa shape index (κ1) is 52.5. The summed E-state index contributed by atoms with van der Waals surface area (Å²) in [4.78, 5) is 57.7. The molecule has 2 aliphatic heterocycles. The second-order valence-corrected chi connectivity index (χ2v) is 28.6. The molecule has 2 unspecified atom stereocenters. The molecule has 0 bridgehead atoms. The molecule has 72 heavy (non-hydrogen) atoms. The van der Waals surface area contributed by atoms with Crippen LogP contribution in [0.1, 0.15) is 161 Å². The van der Waals surface area contributed by atoms with Crippen molar-refractivity contribution < 1.29 is 47.6 Å². The molecule has 1 N–H and O–H groups in total. The van der Waals surface area contributed by atoms with Gasteiger partial charge in [0.15, 0.2) is 14.6 Å². The van der Waals surface area contributed by atoms with Gasteiger partial charge in [0.1, 0.15) is 17.5 Å². The quantitative estimate of drug-likeness (QED) is 0.0372. The molecule has 6 aliphatic rings. The lowest BCUT2D eigenvalue weighted by atomic mass is 9.47. The van der Waals surface area contributed by atoms with E-state index in [0.717, 1.165) is 71.8 Å². The predicted octanol–water partition coefficient (Wildman–Crippen LogP) is 12.0. The maximum atomic E-state index is 14.1. The van der Waals surface area contributed by atoms with Crippen LogP contribution in [-0.2, 0) is 58.1 Å². The number of allylic oxidation sites excluding steroid dienone is 1. The van der Waals surface area contributed by atoms with E-state index in [4.69, 9.17) is 33.1 Å². The maximum Gasteiger partial charge on any atom is 0.516 e. The SMILES string of the molecule is CCc1c2c(nc3ccc(OC(=O)OCOC(=O)CCC(=O)O[C@H]4CC[C@@]5(C)C(=CC[C@H]6[C@@H]7CC[C@H]([C@H](C)CCCC(C)C)[C@@]7(C)CC[C@@H]65)C4)cc13)-c1cc3c(c(=O)n1C2)COC(O)C3(CC)O[Si](C)(C)C. The van der Waals surface area contributed by atoms with Crippen LogP contribution in [0.4, 0.5) is 4.79 Å². The molecule has 4 heterocycles. The molecule has 0 saturated heterocycles. The molecule has 392 valence electrons. The van der Waals surface area contributed by atoms with E-state index in [0.29, 0.717) is 58.8 Å². The van der Waals surface area contributed by atoms with Crippen molar-refractivity contribution in [1.29, 1.82) is 0 Å². The van der Waals surface area contributed by atoms with Gasteiger partial charge in [0.25, 0.3) is 5.56 Å². The van der Waals surface area contributed by atoms with Gasteiger partial charge < -0.3 is 37.8 Å². The Labute approximate surface area is 427 Å². The number of carbonyl (C=O) groups is 3. The average Bonchev–Trinajstić information content (AvgIpc) is 3.88. The van der Waals surface area contributed by atoms with Crippen molar-refractivity contribution in [1.82, 2.24) is 9.55 Å². The third-order valence-electron chi connectivity index (χ3n) is 18.4. The summed E-state index contributed by atoms with van der Waals surface area (Å²) in [6.45, 7) is 22.0. The molecular weight excluding hydrogens is 929 g/mol. The van der Waals surface area contributed by atoms with E-state index in [9.17, 15) is 24.3 Å². The van der Waals surface area contributed by atoms with Gasteiger partial charge in [0, 0.05) is 28.5 Å². The molecule has 3 fully saturated rings. The van der Waals surface area contributed by atoms with Crippen molar-refractivity contribution in [3.8, 4) is 17.1 Å². The van der Waals surface area contributed by atoms with Crippen molar-refractivity contribution >= 4 is 37.3 Å². The largest absolute Gasteiger partial charge is 0.516 e. The molecule has 13 nitrogen and oxygen atoms in total. The summed E-state index contributed by atoms with van der Waals surface area (Å²) in [5.74, 6) is 3.71. The normalized spacial score (nSPS) is 29.8. The summed E-state index contributed by atoms with van der Waals surface area (Å²) in [5, 5.41) is 12.0. The van der Waals surface area contributed by atoms with Gasteiger partial charge in [-0.1, -0.05) is 79.4 Å². The number of pyridine rings is 2.